The highest BCUT2D eigenvalue weighted by atomic mass is 79.9. The molecule has 0 saturated carbocycles. The van der Waals surface area contributed by atoms with E-state index in [1.54, 1.807) is 0 Å². The summed E-state index contributed by atoms with van der Waals surface area (Å²) in [5.41, 5.74) is -0.361. The van der Waals surface area contributed by atoms with Crippen LogP contribution in [0.4, 0.5) is 0 Å². The molecule has 2 heterocycles. The molecule has 4 nitrogen and oxygen atoms in total. The van der Waals surface area contributed by atoms with E-state index in [4.69, 9.17) is 9.26 Å². The van der Waals surface area contributed by atoms with Crippen LogP contribution in [-0.2, 0) is 10.3 Å². The maximum Gasteiger partial charge on any atom is 0.240 e. The molecule has 0 bridgehead atoms. The Morgan fingerprint density at radius 2 is 2.31 bits per heavy atom. The number of nitrogens with zero attached hydrogens (tertiary/aromatic N) is 2. The second-order valence-corrected chi connectivity index (χ2v) is 5.47. The maximum absolute atomic E-state index is 5.78. The molecule has 0 aliphatic carbocycles. The molecule has 5 heteroatoms. The lowest BCUT2D eigenvalue weighted by Crippen LogP contribution is -2.31. The van der Waals surface area contributed by atoms with E-state index in [1.807, 2.05) is 6.92 Å². The SMILES string of the molecule is CCC(Br)c1nc(C2(C)CCCCO2)no1. The van der Waals surface area contributed by atoms with Crippen molar-refractivity contribution in [3.05, 3.63) is 11.7 Å². The average Bonchev–Trinajstić information content (AvgIpc) is 2.79. The highest BCUT2D eigenvalue weighted by molar-refractivity contribution is 9.09. The summed E-state index contributed by atoms with van der Waals surface area (Å²) < 4.78 is 11.0. The summed E-state index contributed by atoms with van der Waals surface area (Å²) in [6.45, 7) is 4.89. The molecule has 0 N–H and O–H groups in total. The minimum atomic E-state index is -0.361. The van der Waals surface area contributed by atoms with Crippen molar-refractivity contribution < 1.29 is 9.26 Å². The minimum absolute atomic E-state index is 0.140. The number of rotatable bonds is 3. The summed E-state index contributed by atoms with van der Waals surface area (Å²) >= 11 is 3.50. The third-order valence-corrected chi connectivity index (χ3v) is 4.05. The monoisotopic (exact) mass is 288 g/mol. The van der Waals surface area contributed by atoms with Gasteiger partial charge in [0.15, 0.2) is 0 Å². The van der Waals surface area contributed by atoms with Crippen LogP contribution in [0.25, 0.3) is 0 Å². The molecular formula is C11H17BrN2O2. The Hall–Kier alpha value is -0.420. The van der Waals surface area contributed by atoms with Gasteiger partial charge in [-0.15, -0.1) is 0 Å². The Kier molecular flexibility index (Phi) is 3.64. The van der Waals surface area contributed by atoms with Crippen molar-refractivity contribution in [3.8, 4) is 0 Å². The topological polar surface area (TPSA) is 48.2 Å². The second-order valence-electron chi connectivity index (χ2n) is 4.37. The van der Waals surface area contributed by atoms with Crippen molar-refractivity contribution in [2.45, 2.75) is 50.0 Å². The largest absolute Gasteiger partial charge is 0.367 e. The lowest BCUT2D eigenvalue weighted by molar-refractivity contribution is -0.0770. The number of hydrogen-bond acceptors (Lipinski definition) is 4. The van der Waals surface area contributed by atoms with Crippen LogP contribution in [0.2, 0.25) is 0 Å². The van der Waals surface area contributed by atoms with Crippen molar-refractivity contribution in [1.82, 2.24) is 10.1 Å². The Labute approximate surface area is 104 Å². The Balaban J connectivity index is 2.17. The van der Waals surface area contributed by atoms with Crippen LogP contribution < -0.4 is 0 Å². The van der Waals surface area contributed by atoms with Crippen LogP contribution in [0.1, 0.15) is 56.1 Å². The van der Waals surface area contributed by atoms with Crippen LogP contribution >= 0.6 is 15.9 Å². The first-order valence-corrected chi connectivity index (χ1v) is 6.69. The fraction of sp³-hybridized carbons (Fsp3) is 0.818. The highest BCUT2D eigenvalue weighted by Gasteiger charge is 2.35. The van der Waals surface area contributed by atoms with E-state index in [9.17, 15) is 0 Å². The Morgan fingerprint density at radius 3 is 2.94 bits per heavy atom. The van der Waals surface area contributed by atoms with E-state index >= 15 is 0 Å². The second kappa shape index (κ2) is 4.84. The van der Waals surface area contributed by atoms with Gasteiger partial charge in [-0.25, -0.2) is 0 Å². The van der Waals surface area contributed by atoms with Gasteiger partial charge in [-0.3, -0.25) is 0 Å². The van der Waals surface area contributed by atoms with Crippen LogP contribution in [0.5, 0.6) is 0 Å². The molecule has 0 spiro atoms. The summed E-state index contributed by atoms with van der Waals surface area (Å²) in [7, 11) is 0. The zero-order valence-electron chi connectivity index (χ0n) is 9.70. The lowest BCUT2D eigenvalue weighted by atomic mass is 9.95. The third-order valence-electron chi connectivity index (χ3n) is 3.01. The molecule has 1 aliphatic heterocycles. The minimum Gasteiger partial charge on any atom is -0.367 e. The third kappa shape index (κ3) is 2.30. The molecule has 90 valence electrons. The van der Waals surface area contributed by atoms with E-state index in [0.29, 0.717) is 11.7 Å². The van der Waals surface area contributed by atoms with Crippen LogP contribution in [0.15, 0.2) is 4.52 Å². The highest BCUT2D eigenvalue weighted by Crippen LogP contribution is 2.34. The van der Waals surface area contributed by atoms with Crippen LogP contribution in [0.3, 0.4) is 0 Å². The molecule has 1 aromatic rings. The predicted octanol–water partition coefficient (Wildman–Crippen LogP) is 3.33. The fourth-order valence-corrected chi connectivity index (χ4v) is 2.05. The first-order chi connectivity index (χ1) is 7.65. The molecule has 1 saturated heterocycles. The maximum atomic E-state index is 5.78. The van der Waals surface area contributed by atoms with Crippen molar-refractivity contribution in [2.24, 2.45) is 0 Å². The zero-order chi connectivity index (χ0) is 11.6. The number of alkyl halides is 1. The first-order valence-electron chi connectivity index (χ1n) is 5.78. The molecule has 0 aromatic carbocycles. The number of halogens is 1. The average molecular weight is 289 g/mol. The lowest BCUT2D eigenvalue weighted by Gasteiger charge is -2.30. The van der Waals surface area contributed by atoms with Gasteiger partial charge in [0.2, 0.25) is 11.7 Å². The molecule has 0 radical (unpaired) electrons. The quantitative estimate of drug-likeness (QED) is 0.801. The molecule has 2 atom stereocenters. The molecule has 1 aliphatic rings. The van der Waals surface area contributed by atoms with Gasteiger partial charge in [-0.05, 0) is 32.6 Å². The Bertz CT molecular complexity index is 348. The summed E-state index contributed by atoms with van der Waals surface area (Å²) in [5, 5.41) is 4.04. The van der Waals surface area contributed by atoms with E-state index in [-0.39, 0.29) is 10.4 Å². The standard InChI is InChI=1S/C11H17BrN2O2/c1-3-8(12)9-13-10(14-16-9)11(2)6-4-5-7-15-11/h8H,3-7H2,1-2H3. The zero-order valence-corrected chi connectivity index (χ0v) is 11.3. The van der Waals surface area contributed by atoms with Gasteiger partial charge in [-0.2, -0.15) is 4.98 Å². The van der Waals surface area contributed by atoms with Crippen molar-refractivity contribution in [2.75, 3.05) is 6.61 Å². The normalized spacial score (nSPS) is 27.9. The van der Waals surface area contributed by atoms with Gasteiger partial charge >= 0.3 is 0 Å². The summed E-state index contributed by atoms with van der Waals surface area (Å²) in [6.07, 6.45) is 4.17. The molecule has 2 rings (SSSR count). The summed E-state index contributed by atoms with van der Waals surface area (Å²) in [6, 6.07) is 0. The van der Waals surface area contributed by atoms with Crippen LogP contribution in [-0.4, -0.2) is 16.7 Å². The summed E-state index contributed by atoms with van der Waals surface area (Å²) in [5.74, 6) is 1.33. The van der Waals surface area contributed by atoms with E-state index in [1.165, 1.54) is 0 Å². The van der Waals surface area contributed by atoms with Crippen molar-refractivity contribution >= 4 is 15.9 Å². The van der Waals surface area contributed by atoms with Gasteiger partial charge in [-0.1, -0.05) is 28.0 Å². The predicted molar refractivity (Wildman–Crippen MR) is 63.4 cm³/mol. The van der Waals surface area contributed by atoms with Gasteiger partial charge in [0.25, 0.3) is 0 Å². The van der Waals surface area contributed by atoms with Crippen molar-refractivity contribution in [3.63, 3.8) is 0 Å². The van der Waals surface area contributed by atoms with Gasteiger partial charge in [0.05, 0.1) is 4.83 Å². The van der Waals surface area contributed by atoms with E-state index < -0.39 is 0 Å². The van der Waals surface area contributed by atoms with Gasteiger partial charge in [0.1, 0.15) is 5.60 Å². The fourth-order valence-electron chi connectivity index (χ4n) is 1.86. The number of hydrogen-bond donors (Lipinski definition) is 0. The number of ether oxygens (including phenoxy) is 1. The summed E-state index contributed by atoms with van der Waals surface area (Å²) in [4.78, 5) is 4.57. The number of aromatic nitrogens is 2. The smallest absolute Gasteiger partial charge is 0.240 e. The molecule has 16 heavy (non-hydrogen) atoms. The van der Waals surface area contributed by atoms with E-state index in [0.717, 1.165) is 32.3 Å². The van der Waals surface area contributed by atoms with Crippen LogP contribution in [0, 0.1) is 0 Å². The molecular weight excluding hydrogens is 272 g/mol. The molecule has 1 aromatic heterocycles. The molecule has 2 unspecified atom stereocenters. The molecule has 1 fully saturated rings. The van der Waals surface area contributed by atoms with Crippen molar-refractivity contribution in [1.29, 1.82) is 0 Å². The van der Waals surface area contributed by atoms with E-state index in [2.05, 4.69) is 33.0 Å². The van der Waals surface area contributed by atoms with Gasteiger partial charge in [0, 0.05) is 6.61 Å². The molecule has 0 amide bonds. The Morgan fingerprint density at radius 1 is 1.50 bits per heavy atom. The van der Waals surface area contributed by atoms with Gasteiger partial charge < -0.3 is 9.26 Å². The first kappa shape index (κ1) is 12.0.